The third-order valence-corrected chi connectivity index (χ3v) is 7.22. The molecule has 0 unspecified atom stereocenters. The molecule has 0 fully saturated rings. The van der Waals surface area contributed by atoms with Gasteiger partial charge in [0.25, 0.3) is 0 Å². The first-order chi connectivity index (χ1) is 18.6. The highest BCUT2D eigenvalue weighted by atomic mass is 35.5. The number of ether oxygens (including phenoxy) is 3. The van der Waals surface area contributed by atoms with Crippen molar-refractivity contribution in [1.29, 1.82) is 0 Å². The van der Waals surface area contributed by atoms with Crippen LogP contribution in [0.3, 0.4) is 0 Å². The molecule has 16 heteroatoms. The van der Waals surface area contributed by atoms with E-state index in [0.29, 0.717) is 50.5 Å². The van der Waals surface area contributed by atoms with Gasteiger partial charge in [0.1, 0.15) is 5.75 Å². The summed E-state index contributed by atoms with van der Waals surface area (Å²) in [6, 6.07) is 5.46. The molecule has 0 amide bonds. The Morgan fingerprint density at radius 2 is 1.74 bits per heavy atom. The van der Waals surface area contributed by atoms with Gasteiger partial charge in [-0.15, -0.1) is 0 Å². The molecule has 2 N–H and O–H groups in total. The van der Waals surface area contributed by atoms with Crippen molar-refractivity contribution < 1.29 is 42.7 Å². The number of hydrogen-bond donors (Lipinski definition) is 2. The Kier molecular flexibility index (Phi) is 9.65. The van der Waals surface area contributed by atoms with Crippen molar-refractivity contribution in [2.75, 3.05) is 6.79 Å². The molecular weight excluding hydrogens is 596 g/mol. The van der Waals surface area contributed by atoms with Crippen LogP contribution < -0.4 is 9.26 Å². The second-order valence-electron chi connectivity index (χ2n) is 7.99. The summed E-state index contributed by atoms with van der Waals surface area (Å²) < 4.78 is 30.4. The fourth-order valence-corrected chi connectivity index (χ4v) is 5.47. The van der Waals surface area contributed by atoms with Crippen LogP contribution in [0.15, 0.2) is 41.8 Å². The van der Waals surface area contributed by atoms with E-state index in [4.69, 9.17) is 47.2 Å². The van der Waals surface area contributed by atoms with Crippen molar-refractivity contribution in [1.82, 2.24) is 15.0 Å². The number of fused-ring (bicyclic) bond motifs is 1. The largest absolute Gasteiger partial charge is 0.524 e. The zero-order chi connectivity index (χ0) is 28.0. The van der Waals surface area contributed by atoms with Crippen molar-refractivity contribution in [3.05, 3.63) is 69.1 Å². The first-order valence-electron chi connectivity index (χ1n) is 11.2. The van der Waals surface area contributed by atoms with Crippen molar-refractivity contribution in [2.45, 2.75) is 36.6 Å². The molecule has 0 saturated heterocycles. The van der Waals surface area contributed by atoms with E-state index in [2.05, 4.69) is 19.5 Å². The van der Waals surface area contributed by atoms with Crippen LogP contribution in [0, 0.1) is 0 Å². The van der Waals surface area contributed by atoms with E-state index in [9.17, 15) is 14.2 Å². The molecule has 0 spiro atoms. The SMILES string of the molecule is O=C(Cc1ccc(OP(=O)(O)O)cc1)OCOC(=O)Oc1nc(SCc2c(Cl)cncc2Cl)nc2c1CCC2. The number of pyridine rings is 1. The maximum atomic E-state index is 12.3. The number of aromatic nitrogens is 3. The van der Waals surface area contributed by atoms with Gasteiger partial charge >= 0.3 is 19.9 Å². The van der Waals surface area contributed by atoms with Gasteiger partial charge in [0.05, 0.1) is 22.2 Å². The summed E-state index contributed by atoms with van der Waals surface area (Å²) in [6.07, 6.45) is 3.87. The number of aryl methyl sites for hydroxylation is 1. The number of halogens is 2. The van der Waals surface area contributed by atoms with Gasteiger partial charge in [0.15, 0.2) is 5.16 Å². The predicted octanol–water partition coefficient (Wildman–Crippen LogP) is 4.69. The molecule has 1 aliphatic carbocycles. The van der Waals surface area contributed by atoms with E-state index in [1.165, 1.54) is 48.4 Å². The minimum atomic E-state index is -4.68. The summed E-state index contributed by atoms with van der Waals surface area (Å²) in [7, 11) is -4.68. The molecule has 0 bridgehead atoms. The van der Waals surface area contributed by atoms with Crippen LogP contribution in [-0.2, 0) is 43.8 Å². The summed E-state index contributed by atoms with van der Waals surface area (Å²) in [6.45, 7) is -0.689. The zero-order valence-corrected chi connectivity index (χ0v) is 23.1. The first-order valence-corrected chi connectivity index (χ1v) is 14.5. The van der Waals surface area contributed by atoms with Gasteiger partial charge in [-0.25, -0.2) is 14.3 Å². The number of phosphoric acid groups is 1. The number of esters is 1. The fourth-order valence-electron chi connectivity index (χ4n) is 3.51. The molecular formula is C23H20Cl2N3O9PS. The number of carbonyl (C=O) groups excluding carboxylic acids is 2. The smallest absolute Gasteiger partial charge is 0.427 e. The quantitative estimate of drug-likeness (QED) is 0.106. The van der Waals surface area contributed by atoms with Gasteiger partial charge in [-0.3, -0.25) is 19.6 Å². The Morgan fingerprint density at radius 3 is 2.44 bits per heavy atom. The highest BCUT2D eigenvalue weighted by Gasteiger charge is 2.24. The summed E-state index contributed by atoms with van der Waals surface area (Å²) >= 11 is 13.6. The molecule has 39 heavy (non-hydrogen) atoms. The molecule has 3 aromatic rings. The number of rotatable bonds is 10. The van der Waals surface area contributed by atoms with Crippen molar-refractivity contribution in [2.24, 2.45) is 0 Å². The number of thioether (sulfide) groups is 1. The lowest BCUT2D eigenvalue weighted by molar-refractivity contribution is -0.151. The average molecular weight is 616 g/mol. The van der Waals surface area contributed by atoms with Gasteiger partial charge in [0.2, 0.25) is 12.7 Å². The number of nitrogens with zero attached hydrogens (tertiary/aromatic N) is 3. The van der Waals surface area contributed by atoms with Crippen LogP contribution in [0.5, 0.6) is 11.6 Å². The first kappa shape index (κ1) is 29.1. The molecule has 0 saturated carbocycles. The van der Waals surface area contributed by atoms with Gasteiger partial charge < -0.3 is 18.7 Å². The van der Waals surface area contributed by atoms with Crippen molar-refractivity contribution in [3.8, 4) is 11.6 Å². The molecule has 1 aromatic carbocycles. The van der Waals surface area contributed by atoms with Gasteiger partial charge in [-0.1, -0.05) is 47.1 Å². The lowest BCUT2D eigenvalue weighted by Crippen LogP contribution is -2.18. The van der Waals surface area contributed by atoms with Crippen molar-refractivity contribution in [3.63, 3.8) is 0 Å². The summed E-state index contributed by atoms with van der Waals surface area (Å²) in [5.74, 6) is -0.324. The van der Waals surface area contributed by atoms with Crippen LogP contribution in [0.2, 0.25) is 10.0 Å². The summed E-state index contributed by atoms with van der Waals surface area (Å²) in [5.41, 5.74) is 2.64. The maximum absolute atomic E-state index is 12.3. The number of hydrogen-bond acceptors (Lipinski definition) is 11. The van der Waals surface area contributed by atoms with Crippen molar-refractivity contribution >= 4 is 54.9 Å². The van der Waals surface area contributed by atoms with Gasteiger partial charge in [0, 0.05) is 29.3 Å². The van der Waals surface area contributed by atoms with Crippen LogP contribution >= 0.6 is 42.8 Å². The van der Waals surface area contributed by atoms with Gasteiger partial charge in [-0.05, 0) is 37.0 Å². The third kappa shape index (κ3) is 8.53. The zero-order valence-electron chi connectivity index (χ0n) is 19.9. The number of carbonyl (C=O) groups is 2. The Bertz CT molecular complexity index is 1400. The molecule has 0 radical (unpaired) electrons. The van der Waals surface area contributed by atoms with Crippen LogP contribution in [-0.4, -0.2) is 43.7 Å². The van der Waals surface area contributed by atoms with E-state index in [-0.39, 0.29) is 18.1 Å². The Hall–Kier alpha value is -2.93. The van der Waals surface area contributed by atoms with E-state index in [1.807, 2.05) is 0 Å². The highest BCUT2D eigenvalue weighted by molar-refractivity contribution is 7.98. The molecule has 12 nitrogen and oxygen atoms in total. The summed E-state index contributed by atoms with van der Waals surface area (Å²) in [4.78, 5) is 54.7. The molecule has 4 rings (SSSR count). The minimum absolute atomic E-state index is 0.0609. The normalized spacial score (nSPS) is 12.5. The number of benzene rings is 1. The van der Waals surface area contributed by atoms with E-state index >= 15 is 0 Å². The van der Waals surface area contributed by atoms with E-state index in [1.54, 1.807) is 0 Å². The molecule has 0 atom stereocenters. The van der Waals surface area contributed by atoms with Crippen LogP contribution in [0.25, 0.3) is 0 Å². The Morgan fingerprint density at radius 1 is 1.03 bits per heavy atom. The lowest BCUT2D eigenvalue weighted by Gasteiger charge is -2.11. The standard InChI is InChI=1S/C23H20Cl2N3O9PS/c24-17-9-26-10-18(25)16(17)11-39-22-27-19-3-1-2-15(19)21(28-22)36-23(30)35-12-34-20(29)8-13-4-6-14(7-5-13)37-38(31,32)33/h4-7,9-10H,1-3,8,11-12H2,(H2,31,32,33). The molecule has 2 heterocycles. The van der Waals surface area contributed by atoms with E-state index in [0.717, 1.165) is 12.1 Å². The monoisotopic (exact) mass is 615 g/mol. The lowest BCUT2D eigenvalue weighted by atomic mass is 10.1. The Balaban J connectivity index is 1.29. The van der Waals surface area contributed by atoms with Crippen LogP contribution in [0.1, 0.15) is 28.8 Å². The highest BCUT2D eigenvalue weighted by Crippen LogP contribution is 2.37. The third-order valence-electron chi connectivity index (χ3n) is 5.25. The second kappa shape index (κ2) is 12.9. The van der Waals surface area contributed by atoms with Crippen LogP contribution in [0.4, 0.5) is 4.79 Å². The van der Waals surface area contributed by atoms with E-state index < -0.39 is 26.7 Å². The molecule has 206 valence electrons. The molecule has 0 aliphatic heterocycles. The second-order valence-corrected chi connectivity index (χ2v) is 10.9. The molecule has 1 aliphatic rings. The Labute approximate surface area is 236 Å². The summed E-state index contributed by atoms with van der Waals surface area (Å²) in [5, 5.41) is 1.19. The predicted molar refractivity (Wildman–Crippen MR) is 139 cm³/mol. The average Bonchev–Trinajstić information content (AvgIpc) is 3.33. The topological polar surface area (TPSA) is 167 Å². The maximum Gasteiger partial charge on any atom is 0.524 e. The van der Waals surface area contributed by atoms with Gasteiger partial charge in [-0.2, -0.15) is 4.98 Å². The number of phosphoric ester groups is 1. The minimum Gasteiger partial charge on any atom is -0.427 e. The molecule has 2 aromatic heterocycles. The fraction of sp³-hybridized carbons (Fsp3) is 0.261.